The molecular formula is C17H20N2O4S. The van der Waals surface area contributed by atoms with Crippen LogP contribution in [0.5, 0.6) is 0 Å². The first kappa shape index (κ1) is 18.1. The molecule has 2 rings (SSSR count). The van der Waals surface area contributed by atoms with Crippen LogP contribution in [0.15, 0.2) is 59.5 Å². The standard InChI is InChI=1S/C17H20N2O4S/c1-12(2)16(17(20)18-21)19-24(22,23)15-10-8-14(9-11-15)13-6-4-3-5-7-13/h3-12,16,19,21H,1-2H3,(H,18,20)/t16-/m1/s1. The predicted octanol–water partition coefficient (Wildman–Crippen LogP) is 2.16. The third kappa shape index (κ3) is 4.19. The van der Waals surface area contributed by atoms with Crippen LogP contribution in [-0.4, -0.2) is 25.6 Å². The zero-order valence-electron chi connectivity index (χ0n) is 13.4. The van der Waals surface area contributed by atoms with E-state index in [2.05, 4.69) is 4.72 Å². The molecule has 0 unspecified atom stereocenters. The fraction of sp³-hybridized carbons (Fsp3) is 0.235. The number of hydrogen-bond donors (Lipinski definition) is 3. The fourth-order valence-electron chi connectivity index (χ4n) is 2.25. The lowest BCUT2D eigenvalue weighted by Gasteiger charge is -2.20. The maximum atomic E-state index is 12.4. The van der Waals surface area contributed by atoms with Gasteiger partial charge in [-0.3, -0.25) is 10.0 Å². The van der Waals surface area contributed by atoms with E-state index >= 15 is 0 Å². The molecule has 0 heterocycles. The molecule has 7 heteroatoms. The molecule has 0 aliphatic rings. The minimum atomic E-state index is -3.88. The Hall–Kier alpha value is -2.22. The van der Waals surface area contributed by atoms with Crippen LogP contribution >= 0.6 is 0 Å². The molecule has 1 atom stereocenters. The molecule has 0 aromatic heterocycles. The largest absolute Gasteiger partial charge is 0.289 e. The van der Waals surface area contributed by atoms with Crippen LogP contribution in [0.2, 0.25) is 0 Å². The lowest BCUT2D eigenvalue weighted by Crippen LogP contribution is -2.48. The quantitative estimate of drug-likeness (QED) is 0.551. The van der Waals surface area contributed by atoms with Crippen LogP contribution in [0.25, 0.3) is 11.1 Å². The molecule has 128 valence electrons. The van der Waals surface area contributed by atoms with Crippen LogP contribution in [0, 0.1) is 5.92 Å². The minimum absolute atomic E-state index is 0.0542. The van der Waals surface area contributed by atoms with Gasteiger partial charge in [-0.05, 0) is 29.2 Å². The smallest absolute Gasteiger partial charge is 0.261 e. The first-order valence-corrected chi connectivity index (χ1v) is 8.95. The number of rotatable bonds is 6. The van der Waals surface area contributed by atoms with Gasteiger partial charge in [-0.2, -0.15) is 4.72 Å². The van der Waals surface area contributed by atoms with E-state index in [9.17, 15) is 13.2 Å². The van der Waals surface area contributed by atoms with Crippen LogP contribution in [0.1, 0.15) is 13.8 Å². The first-order valence-electron chi connectivity index (χ1n) is 7.47. The van der Waals surface area contributed by atoms with Crippen molar-refractivity contribution in [3.8, 4) is 11.1 Å². The van der Waals surface area contributed by atoms with Gasteiger partial charge in [-0.25, -0.2) is 13.9 Å². The fourth-order valence-corrected chi connectivity index (χ4v) is 3.60. The summed E-state index contributed by atoms with van der Waals surface area (Å²) in [4.78, 5) is 11.7. The highest BCUT2D eigenvalue weighted by Crippen LogP contribution is 2.21. The molecule has 24 heavy (non-hydrogen) atoms. The van der Waals surface area contributed by atoms with Gasteiger partial charge < -0.3 is 0 Å². The molecule has 0 aliphatic carbocycles. The molecule has 1 amide bonds. The molecule has 0 bridgehead atoms. The Morgan fingerprint density at radius 2 is 1.50 bits per heavy atom. The van der Waals surface area contributed by atoms with Crippen LogP contribution in [0.4, 0.5) is 0 Å². The molecular weight excluding hydrogens is 328 g/mol. The van der Waals surface area contributed by atoms with Crippen molar-refractivity contribution in [1.82, 2.24) is 10.2 Å². The Morgan fingerprint density at radius 1 is 0.958 bits per heavy atom. The SMILES string of the molecule is CC(C)[C@@H](NS(=O)(=O)c1ccc(-c2ccccc2)cc1)C(=O)NO. The van der Waals surface area contributed by atoms with Crippen LogP contribution < -0.4 is 10.2 Å². The lowest BCUT2D eigenvalue weighted by molar-refractivity contribution is -0.131. The number of benzene rings is 2. The number of nitrogens with one attached hydrogen (secondary N) is 2. The number of amides is 1. The van der Waals surface area contributed by atoms with Crippen molar-refractivity contribution in [2.24, 2.45) is 5.92 Å². The predicted molar refractivity (Wildman–Crippen MR) is 90.8 cm³/mol. The van der Waals surface area contributed by atoms with Crippen molar-refractivity contribution in [3.05, 3.63) is 54.6 Å². The summed E-state index contributed by atoms with van der Waals surface area (Å²) in [5.41, 5.74) is 3.36. The van der Waals surface area contributed by atoms with E-state index in [1.54, 1.807) is 26.0 Å². The zero-order valence-corrected chi connectivity index (χ0v) is 14.2. The Kier molecular flexibility index (Phi) is 5.71. The van der Waals surface area contributed by atoms with E-state index in [0.29, 0.717) is 0 Å². The van der Waals surface area contributed by atoms with Crippen molar-refractivity contribution >= 4 is 15.9 Å². The van der Waals surface area contributed by atoms with Crippen molar-refractivity contribution in [2.75, 3.05) is 0 Å². The second-order valence-corrected chi connectivity index (χ2v) is 7.42. The summed E-state index contributed by atoms with van der Waals surface area (Å²) in [5, 5.41) is 8.75. The van der Waals surface area contributed by atoms with Gasteiger partial charge in [-0.1, -0.05) is 56.3 Å². The second kappa shape index (κ2) is 7.57. The summed E-state index contributed by atoms with van der Waals surface area (Å²) in [6.45, 7) is 3.36. The Bertz CT molecular complexity index is 787. The number of carbonyl (C=O) groups excluding carboxylic acids is 1. The average molecular weight is 348 g/mol. The summed E-state index contributed by atoms with van der Waals surface area (Å²) < 4.78 is 27.2. The Morgan fingerprint density at radius 3 is 2.00 bits per heavy atom. The minimum Gasteiger partial charge on any atom is -0.289 e. The molecule has 0 saturated heterocycles. The summed E-state index contributed by atoms with van der Waals surface area (Å²) in [6.07, 6.45) is 0. The Balaban J connectivity index is 2.25. The van der Waals surface area contributed by atoms with Crippen molar-refractivity contribution in [3.63, 3.8) is 0 Å². The normalized spacial score (nSPS) is 12.8. The van der Waals surface area contributed by atoms with E-state index in [0.717, 1.165) is 11.1 Å². The van der Waals surface area contributed by atoms with E-state index in [4.69, 9.17) is 5.21 Å². The van der Waals surface area contributed by atoms with Crippen molar-refractivity contribution < 1.29 is 18.4 Å². The molecule has 2 aromatic carbocycles. The topological polar surface area (TPSA) is 95.5 Å². The third-order valence-corrected chi connectivity index (χ3v) is 5.07. The maximum absolute atomic E-state index is 12.4. The molecule has 0 saturated carbocycles. The molecule has 6 nitrogen and oxygen atoms in total. The van der Waals surface area contributed by atoms with Gasteiger partial charge in [0.25, 0.3) is 5.91 Å². The molecule has 2 aromatic rings. The van der Waals surface area contributed by atoms with Crippen LogP contribution in [-0.2, 0) is 14.8 Å². The number of carbonyl (C=O) groups is 1. The summed E-state index contributed by atoms with van der Waals surface area (Å²) in [7, 11) is -3.88. The maximum Gasteiger partial charge on any atom is 0.261 e. The monoisotopic (exact) mass is 348 g/mol. The van der Waals surface area contributed by atoms with E-state index < -0.39 is 22.0 Å². The van der Waals surface area contributed by atoms with E-state index in [1.807, 2.05) is 30.3 Å². The number of sulfonamides is 1. The molecule has 3 N–H and O–H groups in total. The van der Waals surface area contributed by atoms with Gasteiger partial charge in [0.1, 0.15) is 6.04 Å². The molecule has 0 aliphatic heterocycles. The molecule has 0 fully saturated rings. The molecule has 0 spiro atoms. The first-order chi connectivity index (χ1) is 11.3. The summed E-state index contributed by atoms with van der Waals surface area (Å²) in [5.74, 6) is -1.12. The zero-order chi connectivity index (χ0) is 17.7. The molecule has 0 radical (unpaired) electrons. The highest BCUT2D eigenvalue weighted by molar-refractivity contribution is 7.89. The van der Waals surface area contributed by atoms with Gasteiger partial charge in [-0.15, -0.1) is 0 Å². The van der Waals surface area contributed by atoms with E-state index in [1.165, 1.54) is 17.6 Å². The van der Waals surface area contributed by atoms with Gasteiger partial charge in [0.2, 0.25) is 10.0 Å². The van der Waals surface area contributed by atoms with Gasteiger partial charge in [0.05, 0.1) is 4.90 Å². The number of hydrogen-bond acceptors (Lipinski definition) is 4. The van der Waals surface area contributed by atoms with Gasteiger partial charge in [0.15, 0.2) is 0 Å². The highest BCUT2D eigenvalue weighted by atomic mass is 32.2. The summed E-state index contributed by atoms with van der Waals surface area (Å²) in [6, 6.07) is 14.9. The van der Waals surface area contributed by atoms with Gasteiger partial charge >= 0.3 is 0 Å². The average Bonchev–Trinajstić information content (AvgIpc) is 2.59. The van der Waals surface area contributed by atoms with E-state index in [-0.39, 0.29) is 10.8 Å². The number of hydroxylamine groups is 1. The second-order valence-electron chi connectivity index (χ2n) is 5.71. The van der Waals surface area contributed by atoms with Crippen molar-refractivity contribution in [2.45, 2.75) is 24.8 Å². The van der Waals surface area contributed by atoms with Gasteiger partial charge in [0, 0.05) is 0 Å². The Labute approximate surface area is 141 Å². The highest BCUT2D eigenvalue weighted by Gasteiger charge is 2.28. The summed E-state index contributed by atoms with van der Waals surface area (Å²) >= 11 is 0. The third-order valence-electron chi connectivity index (χ3n) is 3.61. The van der Waals surface area contributed by atoms with Crippen molar-refractivity contribution in [1.29, 1.82) is 0 Å². The van der Waals surface area contributed by atoms with Crippen LogP contribution in [0.3, 0.4) is 0 Å². The lowest BCUT2D eigenvalue weighted by atomic mass is 10.1.